The van der Waals surface area contributed by atoms with Gasteiger partial charge in [0.1, 0.15) is 0 Å². The molecule has 0 radical (unpaired) electrons. The molecule has 4 nitrogen and oxygen atoms in total. The highest BCUT2D eigenvalue weighted by Crippen LogP contribution is 2.09. The Morgan fingerprint density at radius 3 is 2.28 bits per heavy atom. The summed E-state index contributed by atoms with van der Waals surface area (Å²) in [6, 6.07) is 0. The molecule has 4 heteroatoms. The van der Waals surface area contributed by atoms with Gasteiger partial charge in [-0.3, -0.25) is 0 Å². The summed E-state index contributed by atoms with van der Waals surface area (Å²) < 4.78 is 9.34. The summed E-state index contributed by atoms with van der Waals surface area (Å²) in [6.45, 7) is 8.43. The zero-order valence-corrected chi connectivity index (χ0v) is 11.8. The summed E-state index contributed by atoms with van der Waals surface area (Å²) in [6.07, 6.45) is 5.99. The smallest absolute Gasteiger partial charge is 0.417 e. The molecule has 104 valence electrons. The Morgan fingerprint density at radius 1 is 1.11 bits per heavy atom. The van der Waals surface area contributed by atoms with Crippen LogP contribution < -0.4 is 0 Å². The van der Waals surface area contributed by atoms with Gasteiger partial charge in [-0.1, -0.05) is 32.9 Å². The third-order valence-electron chi connectivity index (χ3n) is 2.35. The summed E-state index contributed by atoms with van der Waals surface area (Å²) in [7, 11) is 0. The molecular weight excluding hydrogens is 232 g/mol. The number of carbonyl (C=O) groups excluding carboxylic acids is 2. The second-order valence-corrected chi connectivity index (χ2v) is 4.66. The van der Waals surface area contributed by atoms with Crippen LogP contribution in [0.1, 0.15) is 40.5 Å². The predicted molar refractivity (Wildman–Crippen MR) is 70.0 cm³/mol. The number of hydrogen-bond acceptors (Lipinski definition) is 4. The van der Waals surface area contributed by atoms with Crippen LogP contribution in [-0.4, -0.2) is 25.2 Å². The second kappa shape index (κ2) is 9.68. The first-order valence-corrected chi connectivity index (χ1v) is 6.47. The molecule has 0 aromatic heterocycles. The van der Waals surface area contributed by atoms with E-state index < -0.39 is 11.9 Å². The van der Waals surface area contributed by atoms with Crippen LogP contribution in [-0.2, 0) is 19.1 Å². The largest absolute Gasteiger partial charge is 0.458 e. The first kappa shape index (κ1) is 16.7. The maximum Gasteiger partial charge on any atom is 0.417 e. The predicted octanol–water partition coefficient (Wildman–Crippen LogP) is 2.72. The van der Waals surface area contributed by atoms with E-state index in [0.717, 1.165) is 12.8 Å². The first-order chi connectivity index (χ1) is 8.47. The lowest BCUT2D eigenvalue weighted by Crippen LogP contribution is -2.21. The molecule has 0 fully saturated rings. The van der Waals surface area contributed by atoms with E-state index in [0.29, 0.717) is 11.8 Å². The molecule has 0 amide bonds. The van der Waals surface area contributed by atoms with Crippen LogP contribution in [0.15, 0.2) is 12.2 Å². The minimum Gasteiger partial charge on any atom is -0.458 e. The van der Waals surface area contributed by atoms with Gasteiger partial charge < -0.3 is 9.47 Å². The lowest BCUT2D eigenvalue weighted by molar-refractivity contribution is -0.167. The molecule has 0 rings (SSSR count). The van der Waals surface area contributed by atoms with E-state index in [-0.39, 0.29) is 13.2 Å². The highest BCUT2D eigenvalue weighted by atomic mass is 16.6. The third kappa shape index (κ3) is 8.79. The maximum atomic E-state index is 11.1. The molecule has 0 aliphatic rings. The summed E-state index contributed by atoms with van der Waals surface area (Å²) in [5, 5.41) is 0. The highest BCUT2D eigenvalue weighted by molar-refractivity contribution is 6.29. The summed E-state index contributed by atoms with van der Waals surface area (Å²) in [5.41, 5.74) is 0. The molecule has 0 saturated carbocycles. The molecule has 18 heavy (non-hydrogen) atoms. The van der Waals surface area contributed by atoms with Gasteiger partial charge in [0, 0.05) is 0 Å². The molecule has 0 aliphatic heterocycles. The normalized spacial score (nSPS) is 12.7. The van der Waals surface area contributed by atoms with Crippen LogP contribution >= 0.6 is 0 Å². The van der Waals surface area contributed by atoms with Gasteiger partial charge in [0.15, 0.2) is 0 Å². The van der Waals surface area contributed by atoms with Gasteiger partial charge in [-0.2, -0.15) is 0 Å². The van der Waals surface area contributed by atoms with Gasteiger partial charge in [-0.25, -0.2) is 9.59 Å². The van der Waals surface area contributed by atoms with Crippen LogP contribution in [0.5, 0.6) is 0 Å². The zero-order valence-electron chi connectivity index (χ0n) is 11.8. The van der Waals surface area contributed by atoms with Crippen molar-refractivity contribution in [3.05, 3.63) is 12.2 Å². The van der Waals surface area contributed by atoms with Gasteiger partial charge in [-0.05, 0) is 31.6 Å². The quantitative estimate of drug-likeness (QED) is 0.399. The molecule has 1 atom stereocenters. The SMILES string of the molecule is CCOC(=O)C(=O)OCCC(C)CC=CC(C)C. The summed E-state index contributed by atoms with van der Waals surface area (Å²) in [5.74, 6) is -0.833. The van der Waals surface area contributed by atoms with Crippen LogP contribution in [0.3, 0.4) is 0 Å². The average molecular weight is 256 g/mol. The highest BCUT2D eigenvalue weighted by Gasteiger charge is 2.16. The molecular formula is C14H24O4. The van der Waals surface area contributed by atoms with Gasteiger partial charge in [0.05, 0.1) is 13.2 Å². The summed E-state index contributed by atoms with van der Waals surface area (Å²) >= 11 is 0. The zero-order chi connectivity index (χ0) is 14.0. The lowest BCUT2D eigenvalue weighted by Gasteiger charge is -2.09. The topological polar surface area (TPSA) is 52.6 Å². The Hall–Kier alpha value is -1.32. The fraction of sp³-hybridized carbons (Fsp3) is 0.714. The monoisotopic (exact) mass is 256 g/mol. The number of esters is 2. The van der Waals surface area contributed by atoms with E-state index in [1.165, 1.54) is 0 Å². The van der Waals surface area contributed by atoms with Crippen molar-refractivity contribution in [2.24, 2.45) is 11.8 Å². The van der Waals surface area contributed by atoms with Crippen molar-refractivity contribution in [3.63, 3.8) is 0 Å². The van der Waals surface area contributed by atoms with Gasteiger partial charge in [0.2, 0.25) is 0 Å². The van der Waals surface area contributed by atoms with Gasteiger partial charge >= 0.3 is 11.9 Å². The minimum absolute atomic E-state index is 0.185. The average Bonchev–Trinajstić information content (AvgIpc) is 2.28. The molecule has 1 unspecified atom stereocenters. The fourth-order valence-electron chi connectivity index (χ4n) is 1.30. The second-order valence-electron chi connectivity index (χ2n) is 4.66. The Bertz CT molecular complexity index is 282. The van der Waals surface area contributed by atoms with E-state index in [2.05, 4.69) is 37.7 Å². The number of hydrogen-bond donors (Lipinski definition) is 0. The summed E-state index contributed by atoms with van der Waals surface area (Å²) in [4.78, 5) is 22.1. The molecule has 0 saturated heterocycles. The molecule has 0 aromatic rings. The molecule has 0 aliphatic carbocycles. The lowest BCUT2D eigenvalue weighted by atomic mass is 10.0. The number of allylic oxidation sites excluding steroid dienone is 2. The minimum atomic E-state index is -0.912. The van der Waals surface area contributed by atoms with E-state index >= 15 is 0 Å². The number of ether oxygens (including phenoxy) is 2. The van der Waals surface area contributed by atoms with Crippen LogP contribution in [0.25, 0.3) is 0 Å². The molecule has 0 aromatic carbocycles. The third-order valence-corrected chi connectivity index (χ3v) is 2.35. The van der Waals surface area contributed by atoms with Gasteiger partial charge in [-0.15, -0.1) is 0 Å². The van der Waals surface area contributed by atoms with Crippen molar-refractivity contribution >= 4 is 11.9 Å². The molecule has 0 bridgehead atoms. The van der Waals surface area contributed by atoms with E-state index in [9.17, 15) is 9.59 Å². The van der Waals surface area contributed by atoms with E-state index in [4.69, 9.17) is 4.74 Å². The van der Waals surface area contributed by atoms with Crippen LogP contribution in [0.2, 0.25) is 0 Å². The Morgan fingerprint density at radius 2 is 1.72 bits per heavy atom. The first-order valence-electron chi connectivity index (χ1n) is 6.47. The number of rotatable bonds is 7. The Balaban J connectivity index is 3.71. The molecule has 0 heterocycles. The van der Waals surface area contributed by atoms with Crippen molar-refractivity contribution < 1.29 is 19.1 Å². The number of carbonyl (C=O) groups is 2. The van der Waals surface area contributed by atoms with Crippen molar-refractivity contribution in [2.75, 3.05) is 13.2 Å². The van der Waals surface area contributed by atoms with Crippen molar-refractivity contribution in [3.8, 4) is 0 Å². The van der Waals surface area contributed by atoms with E-state index in [1.807, 2.05) is 0 Å². The van der Waals surface area contributed by atoms with Gasteiger partial charge in [0.25, 0.3) is 0 Å². The fourth-order valence-corrected chi connectivity index (χ4v) is 1.30. The Kier molecular flexibility index (Phi) is 8.97. The standard InChI is InChI=1S/C14H24O4/c1-5-17-13(15)14(16)18-10-9-12(4)8-6-7-11(2)3/h6-7,11-12H,5,8-10H2,1-4H3. The van der Waals surface area contributed by atoms with Crippen molar-refractivity contribution in [1.29, 1.82) is 0 Å². The van der Waals surface area contributed by atoms with Crippen LogP contribution in [0, 0.1) is 11.8 Å². The molecule has 0 N–H and O–H groups in total. The van der Waals surface area contributed by atoms with E-state index in [1.54, 1.807) is 6.92 Å². The maximum absolute atomic E-state index is 11.1. The van der Waals surface area contributed by atoms with Crippen molar-refractivity contribution in [1.82, 2.24) is 0 Å². The molecule has 0 spiro atoms. The Labute approximate surface area is 109 Å². The van der Waals surface area contributed by atoms with Crippen LogP contribution in [0.4, 0.5) is 0 Å². The van der Waals surface area contributed by atoms with Crippen molar-refractivity contribution in [2.45, 2.75) is 40.5 Å².